The van der Waals surface area contributed by atoms with Crippen LogP contribution in [0.2, 0.25) is 0 Å². The van der Waals surface area contributed by atoms with Gasteiger partial charge in [-0.3, -0.25) is 9.48 Å². The Kier molecular flexibility index (Phi) is 4.37. The van der Waals surface area contributed by atoms with Crippen molar-refractivity contribution in [1.29, 1.82) is 0 Å². The van der Waals surface area contributed by atoms with Crippen LogP contribution in [0, 0.1) is 13.8 Å². The summed E-state index contributed by atoms with van der Waals surface area (Å²) in [5, 5.41) is 4.47. The van der Waals surface area contributed by atoms with Crippen LogP contribution in [0.25, 0.3) is 0 Å². The summed E-state index contributed by atoms with van der Waals surface area (Å²) in [7, 11) is 0. The number of aromatic nitrogens is 2. The highest BCUT2D eigenvalue weighted by atomic mass is 16.8. The van der Waals surface area contributed by atoms with Crippen LogP contribution in [0.1, 0.15) is 40.2 Å². The van der Waals surface area contributed by atoms with Crippen molar-refractivity contribution in [2.75, 3.05) is 19.7 Å². The molecule has 2 saturated heterocycles. The molecule has 0 bridgehead atoms. The Bertz CT molecular complexity index is 864. The molecule has 142 valence electrons. The Balaban J connectivity index is 1.38. The van der Waals surface area contributed by atoms with Crippen LogP contribution in [0.3, 0.4) is 0 Å². The molecule has 3 heterocycles. The Hall–Kier alpha value is -2.83. The lowest BCUT2D eigenvalue weighted by Gasteiger charge is -2.36. The van der Waals surface area contributed by atoms with Crippen molar-refractivity contribution in [1.82, 2.24) is 14.7 Å². The van der Waals surface area contributed by atoms with E-state index in [0.29, 0.717) is 38.0 Å². The maximum Gasteiger partial charge on any atom is 0.509 e. The zero-order valence-corrected chi connectivity index (χ0v) is 15.6. The molecule has 4 rings (SSSR count). The minimum absolute atomic E-state index is 0.00718. The van der Waals surface area contributed by atoms with Gasteiger partial charge in [0.1, 0.15) is 6.61 Å². The van der Waals surface area contributed by atoms with Gasteiger partial charge >= 0.3 is 6.16 Å². The van der Waals surface area contributed by atoms with Gasteiger partial charge in [-0.2, -0.15) is 5.10 Å². The lowest BCUT2D eigenvalue weighted by Crippen LogP contribution is -2.48. The molecule has 0 unspecified atom stereocenters. The summed E-state index contributed by atoms with van der Waals surface area (Å²) in [6.45, 7) is 6.10. The highest BCUT2D eigenvalue weighted by Gasteiger charge is 2.45. The number of cyclic esters (lactones) is 1. The minimum Gasteiger partial charge on any atom is -0.430 e. The van der Waals surface area contributed by atoms with E-state index in [1.165, 1.54) is 0 Å². The van der Waals surface area contributed by atoms with Gasteiger partial charge in [0.05, 0.1) is 12.2 Å². The summed E-state index contributed by atoms with van der Waals surface area (Å²) in [4.78, 5) is 25.8. The quantitative estimate of drug-likeness (QED) is 0.778. The SMILES string of the molecule is Cc1cc(C)n(Cc2ccc(C(=O)N3CCC4(CC3)COC(=O)O4)cc2)n1. The summed E-state index contributed by atoms with van der Waals surface area (Å²) < 4.78 is 12.2. The number of amides is 1. The van der Waals surface area contributed by atoms with Crippen molar-refractivity contribution in [2.45, 2.75) is 38.8 Å². The molecule has 0 N–H and O–H groups in total. The average molecular weight is 369 g/mol. The standard InChI is InChI=1S/C20H23N3O4/c1-14-11-15(2)23(21-14)12-16-3-5-17(6-4-16)18(24)22-9-7-20(8-10-22)13-26-19(25)27-20/h3-6,11H,7-10,12-13H2,1-2H3. The van der Waals surface area contributed by atoms with Gasteiger partial charge in [-0.05, 0) is 37.6 Å². The van der Waals surface area contributed by atoms with Crippen molar-refractivity contribution in [3.05, 3.63) is 52.8 Å². The fraction of sp³-hybridized carbons (Fsp3) is 0.450. The van der Waals surface area contributed by atoms with E-state index in [4.69, 9.17) is 9.47 Å². The van der Waals surface area contributed by atoms with Gasteiger partial charge in [0.25, 0.3) is 5.91 Å². The zero-order valence-electron chi connectivity index (χ0n) is 15.6. The Morgan fingerprint density at radius 1 is 1.19 bits per heavy atom. The smallest absolute Gasteiger partial charge is 0.430 e. The lowest BCUT2D eigenvalue weighted by molar-refractivity contribution is 0.00281. The van der Waals surface area contributed by atoms with Crippen molar-refractivity contribution in [3.63, 3.8) is 0 Å². The van der Waals surface area contributed by atoms with E-state index in [1.54, 1.807) is 0 Å². The van der Waals surface area contributed by atoms with Crippen molar-refractivity contribution >= 4 is 12.1 Å². The molecule has 7 nitrogen and oxygen atoms in total. The number of rotatable bonds is 3. The number of nitrogens with zero attached hydrogens (tertiary/aromatic N) is 3. The predicted octanol–water partition coefficient (Wildman–Crippen LogP) is 2.69. The number of aryl methyl sites for hydroxylation is 2. The van der Waals surface area contributed by atoms with Crippen LogP contribution in [0.4, 0.5) is 4.79 Å². The van der Waals surface area contributed by atoms with Gasteiger partial charge < -0.3 is 14.4 Å². The van der Waals surface area contributed by atoms with Gasteiger partial charge in [0, 0.05) is 37.2 Å². The summed E-state index contributed by atoms with van der Waals surface area (Å²) in [6.07, 6.45) is 0.619. The number of likely N-dealkylation sites (tertiary alicyclic amines) is 1. The second kappa shape index (κ2) is 6.72. The topological polar surface area (TPSA) is 73.7 Å². The van der Waals surface area contributed by atoms with Crippen LogP contribution < -0.4 is 0 Å². The molecule has 27 heavy (non-hydrogen) atoms. The lowest BCUT2D eigenvalue weighted by atomic mass is 9.92. The van der Waals surface area contributed by atoms with Crippen LogP contribution in [-0.2, 0) is 16.0 Å². The minimum atomic E-state index is -0.604. The molecular weight excluding hydrogens is 346 g/mol. The van der Waals surface area contributed by atoms with Gasteiger partial charge in [0.15, 0.2) is 5.60 Å². The van der Waals surface area contributed by atoms with Crippen molar-refractivity contribution < 1.29 is 19.1 Å². The van der Waals surface area contributed by atoms with Crippen molar-refractivity contribution in [2.24, 2.45) is 0 Å². The molecule has 2 aliphatic heterocycles. The average Bonchev–Trinajstić information content (AvgIpc) is 3.17. The maximum absolute atomic E-state index is 12.8. The second-order valence-electron chi connectivity index (χ2n) is 7.40. The molecule has 0 saturated carbocycles. The highest BCUT2D eigenvalue weighted by molar-refractivity contribution is 5.94. The van der Waals surface area contributed by atoms with Crippen LogP contribution in [0.5, 0.6) is 0 Å². The first-order valence-electron chi connectivity index (χ1n) is 9.19. The van der Waals surface area contributed by atoms with Gasteiger partial charge in [0.2, 0.25) is 0 Å². The van der Waals surface area contributed by atoms with Crippen LogP contribution in [-0.4, -0.2) is 52.0 Å². The third-order valence-electron chi connectivity index (χ3n) is 5.35. The molecule has 2 aromatic rings. The third kappa shape index (κ3) is 3.54. The molecule has 2 aliphatic rings. The maximum atomic E-state index is 12.8. The molecule has 1 aromatic carbocycles. The van der Waals surface area contributed by atoms with E-state index in [-0.39, 0.29) is 12.5 Å². The Morgan fingerprint density at radius 2 is 1.89 bits per heavy atom. The Labute approximate surface area is 157 Å². The van der Waals surface area contributed by atoms with Gasteiger partial charge in [-0.1, -0.05) is 12.1 Å². The normalized spacial score (nSPS) is 18.4. The van der Waals surface area contributed by atoms with Crippen LogP contribution in [0.15, 0.2) is 30.3 Å². The van der Waals surface area contributed by atoms with Gasteiger partial charge in [-0.15, -0.1) is 0 Å². The first-order valence-corrected chi connectivity index (χ1v) is 9.19. The summed E-state index contributed by atoms with van der Waals surface area (Å²) in [5.74, 6) is 0.00718. The third-order valence-corrected chi connectivity index (χ3v) is 5.35. The fourth-order valence-corrected chi connectivity index (χ4v) is 3.73. The number of ether oxygens (including phenoxy) is 2. The number of hydrogen-bond donors (Lipinski definition) is 0. The molecule has 1 aromatic heterocycles. The molecule has 1 spiro atoms. The van der Waals surface area contributed by atoms with E-state index in [1.807, 2.05) is 53.8 Å². The van der Waals surface area contributed by atoms with E-state index in [0.717, 1.165) is 17.0 Å². The molecule has 0 atom stereocenters. The molecule has 2 fully saturated rings. The zero-order chi connectivity index (χ0) is 19.0. The monoisotopic (exact) mass is 369 g/mol. The molecule has 1 amide bonds. The second-order valence-corrected chi connectivity index (χ2v) is 7.40. The number of benzene rings is 1. The number of piperidine rings is 1. The molecule has 0 aliphatic carbocycles. The molecular formula is C20H23N3O4. The predicted molar refractivity (Wildman–Crippen MR) is 97.5 cm³/mol. The van der Waals surface area contributed by atoms with Crippen molar-refractivity contribution in [3.8, 4) is 0 Å². The number of hydrogen-bond acceptors (Lipinski definition) is 5. The summed E-state index contributed by atoms with van der Waals surface area (Å²) in [5.41, 5.74) is 3.34. The van der Waals surface area contributed by atoms with E-state index in [2.05, 4.69) is 5.10 Å². The van der Waals surface area contributed by atoms with E-state index in [9.17, 15) is 9.59 Å². The van der Waals surface area contributed by atoms with E-state index < -0.39 is 11.8 Å². The van der Waals surface area contributed by atoms with Crippen LogP contribution >= 0.6 is 0 Å². The first kappa shape index (κ1) is 17.6. The largest absolute Gasteiger partial charge is 0.509 e. The van der Waals surface area contributed by atoms with Gasteiger partial charge in [-0.25, -0.2) is 4.79 Å². The summed E-state index contributed by atoms with van der Waals surface area (Å²) in [6, 6.07) is 9.73. The van der Waals surface area contributed by atoms with E-state index >= 15 is 0 Å². The highest BCUT2D eigenvalue weighted by Crippen LogP contribution is 2.32. The molecule has 7 heteroatoms. The molecule has 0 radical (unpaired) electrons. The summed E-state index contributed by atoms with van der Waals surface area (Å²) >= 11 is 0. The number of carbonyl (C=O) groups is 2. The Morgan fingerprint density at radius 3 is 2.44 bits per heavy atom. The first-order chi connectivity index (χ1) is 12.9. The number of carbonyl (C=O) groups excluding carboxylic acids is 2. The fourth-order valence-electron chi connectivity index (χ4n) is 3.73.